The molecule has 1 fully saturated rings. The average molecular weight is 359 g/mol. The van der Waals surface area contributed by atoms with E-state index in [1.54, 1.807) is 18.2 Å². The van der Waals surface area contributed by atoms with Gasteiger partial charge in [-0.25, -0.2) is 0 Å². The maximum atomic E-state index is 12.1. The fraction of sp³-hybridized carbons (Fsp3) is 0.562. The molecule has 1 saturated carbocycles. The molecular formula is C16H21BrClNO. The summed E-state index contributed by atoms with van der Waals surface area (Å²) in [4.78, 5) is 12.1. The molecule has 2 rings (SSSR count). The molecule has 2 nitrogen and oxygen atoms in total. The molecule has 0 aliphatic heterocycles. The molecule has 0 heterocycles. The van der Waals surface area contributed by atoms with Crippen molar-refractivity contribution in [2.75, 3.05) is 6.54 Å². The lowest BCUT2D eigenvalue weighted by Gasteiger charge is -2.26. The zero-order valence-corrected chi connectivity index (χ0v) is 14.1. The summed E-state index contributed by atoms with van der Waals surface area (Å²) in [6.07, 6.45) is 6.35. The van der Waals surface area contributed by atoms with E-state index < -0.39 is 0 Å². The molecule has 1 aliphatic carbocycles. The third-order valence-corrected chi connectivity index (χ3v) is 5.07. The zero-order valence-electron chi connectivity index (χ0n) is 11.8. The van der Waals surface area contributed by atoms with E-state index in [0.717, 1.165) is 29.3 Å². The third-order valence-electron chi connectivity index (χ3n) is 4.15. The van der Waals surface area contributed by atoms with Crippen LogP contribution in [0.3, 0.4) is 0 Å². The Morgan fingerprint density at radius 2 is 2.05 bits per heavy atom. The monoisotopic (exact) mass is 357 g/mol. The Morgan fingerprint density at radius 1 is 1.35 bits per heavy atom. The lowest BCUT2D eigenvalue weighted by Crippen LogP contribution is -2.27. The fourth-order valence-electron chi connectivity index (χ4n) is 2.77. The first-order chi connectivity index (χ1) is 9.56. The van der Waals surface area contributed by atoms with Crippen LogP contribution in [-0.4, -0.2) is 12.5 Å². The molecule has 0 saturated heterocycles. The summed E-state index contributed by atoms with van der Waals surface area (Å²) in [5.41, 5.74) is 0.606. The molecule has 1 amide bonds. The molecule has 0 atom stereocenters. The van der Waals surface area contributed by atoms with E-state index in [2.05, 4.69) is 28.2 Å². The van der Waals surface area contributed by atoms with Crippen LogP contribution in [0.15, 0.2) is 22.7 Å². The van der Waals surface area contributed by atoms with Crippen molar-refractivity contribution < 1.29 is 4.79 Å². The minimum atomic E-state index is -0.0523. The largest absolute Gasteiger partial charge is 0.352 e. The van der Waals surface area contributed by atoms with Gasteiger partial charge < -0.3 is 5.32 Å². The van der Waals surface area contributed by atoms with E-state index in [4.69, 9.17) is 11.6 Å². The summed E-state index contributed by atoms with van der Waals surface area (Å²) in [6.45, 7) is 3.07. The van der Waals surface area contributed by atoms with E-state index in [9.17, 15) is 4.79 Å². The summed E-state index contributed by atoms with van der Waals surface area (Å²) in [6, 6.07) is 5.27. The molecule has 0 spiro atoms. The Morgan fingerprint density at radius 3 is 2.75 bits per heavy atom. The SMILES string of the molecule is CC1CCC(CCNC(=O)c2cc(Cl)ccc2Br)CC1. The molecule has 0 unspecified atom stereocenters. The Labute approximate surface area is 134 Å². The molecule has 0 aromatic heterocycles. The molecular weight excluding hydrogens is 338 g/mol. The Bertz CT molecular complexity index is 470. The summed E-state index contributed by atoms with van der Waals surface area (Å²) >= 11 is 9.32. The minimum absolute atomic E-state index is 0.0523. The smallest absolute Gasteiger partial charge is 0.252 e. The number of carbonyl (C=O) groups excluding carboxylic acids is 1. The van der Waals surface area contributed by atoms with Crippen molar-refractivity contribution in [2.24, 2.45) is 11.8 Å². The van der Waals surface area contributed by atoms with Gasteiger partial charge in [-0.2, -0.15) is 0 Å². The van der Waals surface area contributed by atoms with Crippen molar-refractivity contribution in [1.82, 2.24) is 5.32 Å². The first-order valence-electron chi connectivity index (χ1n) is 7.29. The normalized spacial score (nSPS) is 22.6. The van der Waals surface area contributed by atoms with Crippen molar-refractivity contribution in [3.8, 4) is 0 Å². The zero-order chi connectivity index (χ0) is 14.5. The van der Waals surface area contributed by atoms with Crippen molar-refractivity contribution in [1.29, 1.82) is 0 Å². The molecule has 110 valence electrons. The predicted molar refractivity (Wildman–Crippen MR) is 87.2 cm³/mol. The van der Waals surface area contributed by atoms with Gasteiger partial charge in [0.15, 0.2) is 0 Å². The van der Waals surface area contributed by atoms with Crippen molar-refractivity contribution in [3.63, 3.8) is 0 Å². The lowest BCUT2D eigenvalue weighted by molar-refractivity contribution is 0.0949. The highest BCUT2D eigenvalue weighted by atomic mass is 79.9. The standard InChI is InChI=1S/C16H21BrClNO/c1-11-2-4-12(5-3-11)8-9-19-16(20)14-10-13(18)6-7-15(14)17/h6-7,10-12H,2-5,8-9H2,1H3,(H,19,20). The van der Waals surface area contributed by atoms with Crippen LogP contribution in [0.5, 0.6) is 0 Å². The minimum Gasteiger partial charge on any atom is -0.352 e. The first kappa shape index (κ1) is 15.8. The topological polar surface area (TPSA) is 29.1 Å². The number of carbonyl (C=O) groups is 1. The lowest BCUT2D eigenvalue weighted by atomic mass is 9.81. The van der Waals surface area contributed by atoms with Gasteiger partial charge in [-0.3, -0.25) is 4.79 Å². The maximum Gasteiger partial charge on any atom is 0.252 e. The van der Waals surface area contributed by atoms with Gasteiger partial charge in [0.25, 0.3) is 5.91 Å². The van der Waals surface area contributed by atoms with E-state index in [1.165, 1.54) is 25.7 Å². The predicted octanol–water partition coefficient (Wildman–Crippen LogP) is 5.05. The second-order valence-corrected chi connectivity index (χ2v) is 7.09. The van der Waals surface area contributed by atoms with Gasteiger partial charge in [-0.1, -0.05) is 44.2 Å². The van der Waals surface area contributed by atoms with Gasteiger partial charge in [0.05, 0.1) is 5.56 Å². The van der Waals surface area contributed by atoms with Gasteiger partial charge in [-0.15, -0.1) is 0 Å². The molecule has 1 aromatic rings. The molecule has 4 heteroatoms. The number of amides is 1. The third kappa shape index (κ3) is 4.49. The number of rotatable bonds is 4. The summed E-state index contributed by atoms with van der Waals surface area (Å²) in [5, 5.41) is 3.58. The van der Waals surface area contributed by atoms with Crippen LogP contribution in [0.4, 0.5) is 0 Å². The number of hydrogen-bond donors (Lipinski definition) is 1. The van der Waals surface area contributed by atoms with E-state index in [1.807, 2.05) is 0 Å². The van der Waals surface area contributed by atoms with Crippen LogP contribution < -0.4 is 5.32 Å². The Balaban J connectivity index is 1.79. The van der Waals surface area contributed by atoms with Gasteiger partial charge in [0, 0.05) is 16.0 Å². The molecule has 1 N–H and O–H groups in total. The number of hydrogen-bond acceptors (Lipinski definition) is 1. The summed E-state index contributed by atoms with van der Waals surface area (Å²) < 4.78 is 0.783. The fourth-order valence-corrected chi connectivity index (χ4v) is 3.37. The van der Waals surface area contributed by atoms with E-state index in [-0.39, 0.29) is 5.91 Å². The average Bonchev–Trinajstić information content (AvgIpc) is 2.43. The maximum absolute atomic E-state index is 12.1. The van der Waals surface area contributed by atoms with Crippen molar-refractivity contribution >= 4 is 33.4 Å². The van der Waals surface area contributed by atoms with Crippen LogP contribution >= 0.6 is 27.5 Å². The molecule has 0 bridgehead atoms. The summed E-state index contributed by atoms with van der Waals surface area (Å²) in [5.74, 6) is 1.60. The highest BCUT2D eigenvalue weighted by Crippen LogP contribution is 2.30. The Kier molecular flexibility index (Phi) is 5.91. The van der Waals surface area contributed by atoms with Crippen molar-refractivity contribution in [2.45, 2.75) is 39.0 Å². The van der Waals surface area contributed by atoms with E-state index in [0.29, 0.717) is 10.6 Å². The number of nitrogens with one attached hydrogen (secondary N) is 1. The van der Waals surface area contributed by atoms with Gasteiger partial charge >= 0.3 is 0 Å². The molecule has 1 aromatic carbocycles. The van der Waals surface area contributed by atoms with Crippen LogP contribution in [0.2, 0.25) is 5.02 Å². The highest BCUT2D eigenvalue weighted by molar-refractivity contribution is 9.10. The van der Waals surface area contributed by atoms with Gasteiger partial charge in [0.1, 0.15) is 0 Å². The van der Waals surface area contributed by atoms with Gasteiger partial charge in [0.2, 0.25) is 0 Å². The van der Waals surface area contributed by atoms with Crippen LogP contribution in [0.25, 0.3) is 0 Å². The number of benzene rings is 1. The highest BCUT2D eigenvalue weighted by Gasteiger charge is 2.18. The Hall–Kier alpha value is -0.540. The first-order valence-corrected chi connectivity index (χ1v) is 8.46. The van der Waals surface area contributed by atoms with Crippen molar-refractivity contribution in [3.05, 3.63) is 33.3 Å². The molecule has 0 radical (unpaired) electrons. The van der Waals surface area contributed by atoms with Crippen LogP contribution in [-0.2, 0) is 0 Å². The second-order valence-electron chi connectivity index (χ2n) is 5.79. The second kappa shape index (κ2) is 7.46. The summed E-state index contributed by atoms with van der Waals surface area (Å²) in [7, 11) is 0. The number of halogens is 2. The quantitative estimate of drug-likeness (QED) is 0.802. The van der Waals surface area contributed by atoms with Crippen LogP contribution in [0.1, 0.15) is 49.4 Å². The van der Waals surface area contributed by atoms with Gasteiger partial charge in [-0.05, 0) is 52.4 Å². The van der Waals surface area contributed by atoms with Crippen LogP contribution in [0, 0.1) is 11.8 Å². The molecule has 1 aliphatic rings. The molecule has 20 heavy (non-hydrogen) atoms. The van der Waals surface area contributed by atoms with E-state index >= 15 is 0 Å².